The van der Waals surface area contributed by atoms with Crippen LogP contribution in [-0.2, 0) is 40.8 Å². The number of aryl methyl sites for hydroxylation is 1. The monoisotopic (exact) mass is 594 g/mol. The molecule has 0 spiro atoms. The van der Waals surface area contributed by atoms with Gasteiger partial charge in [-0.25, -0.2) is 9.78 Å². The lowest BCUT2D eigenvalue weighted by Crippen LogP contribution is -2.42. The van der Waals surface area contributed by atoms with Crippen molar-refractivity contribution in [3.63, 3.8) is 0 Å². The Labute approximate surface area is 257 Å². The van der Waals surface area contributed by atoms with E-state index >= 15 is 0 Å². The van der Waals surface area contributed by atoms with Crippen LogP contribution in [0.1, 0.15) is 65.3 Å². The molecule has 0 saturated heterocycles. The number of Topliss-reactive ketones (excluding diaryl/α,β-unsaturated/α-hetero) is 1. The summed E-state index contributed by atoms with van der Waals surface area (Å²) >= 11 is 0. The van der Waals surface area contributed by atoms with Gasteiger partial charge in [0.1, 0.15) is 17.8 Å². The Morgan fingerprint density at radius 1 is 1.02 bits per heavy atom. The number of benzene rings is 2. The molecule has 1 amide bonds. The number of hydrogen-bond donors (Lipinski definition) is 2. The van der Waals surface area contributed by atoms with E-state index in [1.165, 1.54) is 6.20 Å². The van der Waals surface area contributed by atoms with E-state index in [-0.39, 0.29) is 31.0 Å². The first-order valence-electron chi connectivity index (χ1n) is 14.8. The number of carboxylic acid groups (broad SMARTS) is 1. The summed E-state index contributed by atoms with van der Waals surface area (Å²) in [7, 11) is 1.87. The number of hydrogen-bond acceptors (Lipinski definition) is 6. The zero-order valence-electron chi connectivity index (χ0n) is 25.2. The molecule has 0 aliphatic carbocycles. The van der Waals surface area contributed by atoms with Crippen LogP contribution in [0, 0.1) is 17.2 Å². The molecule has 0 bridgehead atoms. The molecule has 0 fully saturated rings. The number of pyridine rings is 1. The largest absolute Gasteiger partial charge is 0.480 e. The van der Waals surface area contributed by atoms with Crippen molar-refractivity contribution >= 4 is 28.7 Å². The number of ketones is 1. The summed E-state index contributed by atoms with van der Waals surface area (Å²) in [6.07, 6.45) is 3.99. The molecule has 228 valence electrons. The number of carbonyl (C=O) groups excluding carboxylic acids is 2. The summed E-state index contributed by atoms with van der Waals surface area (Å²) < 4.78 is 7.73. The van der Waals surface area contributed by atoms with Gasteiger partial charge in [0.2, 0.25) is 5.91 Å². The van der Waals surface area contributed by atoms with E-state index in [0.29, 0.717) is 41.8 Å². The maximum atomic E-state index is 13.8. The van der Waals surface area contributed by atoms with E-state index in [2.05, 4.69) is 16.4 Å². The molecule has 0 radical (unpaired) electrons. The summed E-state index contributed by atoms with van der Waals surface area (Å²) in [5, 5.41) is 22.4. The maximum absolute atomic E-state index is 13.8. The van der Waals surface area contributed by atoms with E-state index in [0.717, 1.165) is 29.7 Å². The quantitative estimate of drug-likeness (QED) is 0.131. The Balaban J connectivity index is 1.40. The van der Waals surface area contributed by atoms with Crippen molar-refractivity contribution in [1.29, 1.82) is 5.26 Å². The molecule has 9 heteroatoms. The third-order valence-corrected chi connectivity index (χ3v) is 7.60. The molecular formula is C35H38N4O5. The molecule has 2 heterocycles. The highest BCUT2D eigenvalue weighted by Gasteiger charge is 2.26. The average Bonchev–Trinajstić information content (AvgIpc) is 3.29. The van der Waals surface area contributed by atoms with Crippen LogP contribution >= 0.6 is 0 Å². The molecule has 2 atom stereocenters. The van der Waals surface area contributed by atoms with Gasteiger partial charge in [-0.15, -0.1) is 0 Å². The van der Waals surface area contributed by atoms with Gasteiger partial charge in [-0.2, -0.15) is 5.26 Å². The van der Waals surface area contributed by atoms with Crippen molar-refractivity contribution < 1.29 is 24.2 Å². The van der Waals surface area contributed by atoms with Crippen LogP contribution in [0.5, 0.6) is 0 Å². The number of unbranched alkanes of at least 4 members (excludes halogenated alkanes) is 1. The fourth-order valence-electron chi connectivity index (χ4n) is 5.40. The normalized spacial score (nSPS) is 12.4. The molecular weight excluding hydrogens is 556 g/mol. The van der Waals surface area contributed by atoms with E-state index in [9.17, 15) is 24.8 Å². The van der Waals surface area contributed by atoms with Gasteiger partial charge >= 0.3 is 5.97 Å². The lowest BCUT2D eigenvalue weighted by molar-refractivity contribution is -0.141. The van der Waals surface area contributed by atoms with E-state index < -0.39 is 17.9 Å². The number of fused-ring (bicyclic) bond motifs is 1. The molecule has 0 aliphatic rings. The standard InChI is InChI=1S/C35H38N4O5/c1-24(18-32(41)38-29(35(42)43)20-25-11-5-3-6-12-25)17-31(40)33-28-19-27(21-36)22-37-34(28)39(2)30(33)15-9-10-16-44-23-26-13-7-4-8-14-26/h3-8,11-14,19,22,24,29H,9-10,15-18,20,23H2,1-2H3,(H,38,41)(H,42,43)/t24-,29-/m0/s1. The van der Waals surface area contributed by atoms with Crippen LogP contribution in [0.3, 0.4) is 0 Å². The number of nitrogens with one attached hydrogen (secondary N) is 1. The van der Waals surface area contributed by atoms with Crippen LogP contribution < -0.4 is 5.32 Å². The number of rotatable bonds is 16. The van der Waals surface area contributed by atoms with Gasteiger partial charge < -0.3 is 19.7 Å². The first-order valence-corrected chi connectivity index (χ1v) is 14.8. The summed E-state index contributed by atoms with van der Waals surface area (Å²) in [5.41, 5.74) is 4.27. The number of nitriles is 1. The smallest absolute Gasteiger partial charge is 0.326 e. The SMILES string of the molecule is C[C@H](CC(=O)N[C@@H](Cc1ccccc1)C(=O)O)CC(=O)c1c(CCCCOCc2ccccc2)n(C)c2ncc(C#N)cc12. The topological polar surface area (TPSA) is 134 Å². The van der Waals surface area contributed by atoms with Crippen molar-refractivity contribution in [3.8, 4) is 6.07 Å². The minimum atomic E-state index is -1.11. The first kappa shape index (κ1) is 32.1. The Hall–Kier alpha value is -4.81. The highest BCUT2D eigenvalue weighted by Crippen LogP contribution is 2.29. The third kappa shape index (κ3) is 8.62. The number of aliphatic carboxylic acids is 1. The van der Waals surface area contributed by atoms with E-state index in [1.807, 2.05) is 72.3 Å². The van der Waals surface area contributed by atoms with E-state index in [4.69, 9.17) is 4.74 Å². The summed E-state index contributed by atoms with van der Waals surface area (Å²) in [4.78, 5) is 42.9. The molecule has 0 aliphatic heterocycles. The lowest BCUT2D eigenvalue weighted by atomic mass is 9.94. The summed E-state index contributed by atoms with van der Waals surface area (Å²) in [6.45, 7) is 2.94. The summed E-state index contributed by atoms with van der Waals surface area (Å²) in [5.74, 6) is -2.01. The Bertz CT molecular complexity index is 1630. The van der Waals surface area contributed by atoms with Crippen LogP contribution in [0.4, 0.5) is 0 Å². The van der Waals surface area contributed by atoms with Gasteiger partial charge in [-0.05, 0) is 42.4 Å². The molecule has 2 N–H and O–H groups in total. The van der Waals surface area contributed by atoms with Gasteiger partial charge in [0.25, 0.3) is 0 Å². The van der Waals surface area contributed by atoms with Gasteiger partial charge in [0.05, 0.1) is 12.2 Å². The van der Waals surface area contributed by atoms with Crippen LogP contribution in [-0.4, -0.2) is 45.0 Å². The fraction of sp³-hybridized carbons (Fsp3) is 0.343. The number of nitrogens with zero attached hydrogens (tertiary/aromatic N) is 3. The van der Waals surface area contributed by atoms with Crippen LogP contribution in [0.15, 0.2) is 72.9 Å². The third-order valence-electron chi connectivity index (χ3n) is 7.60. The number of ether oxygens (including phenoxy) is 1. The minimum Gasteiger partial charge on any atom is -0.480 e. The predicted octanol–water partition coefficient (Wildman–Crippen LogP) is 5.40. The fourth-order valence-corrected chi connectivity index (χ4v) is 5.40. The summed E-state index contributed by atoms with van der Waals surface area (Å²) in [6, 6.07) is 21.8. The average molecular weight is 595 g/mol. The number of amides is 1. The van der Waals surface area contributed by atoms with Gasteiger partial charge in [0.15, 0.2) is 5.78 Å². The van der Waals surface area contributed by atoms with Crippen LogP contribution in [0.25, 0.3) is 11.0 Å². The van der Waals surface area contributed by atoms with Crippen molar-refractivity contribution in [3.05, 3.63) is 101 Å². The highest BCUT2D eigenvalue weighted by atomic mass is 16.5. The molecule has 0 unspecified atom stereocenters. The second-order valence-electron chi connectivity index (χ2n) is 11.2. The minimum absolute atomic E-state index is 0.00482. The van der Waals surface area contributed by atoms with Crippen molar-refractivity contribution in [2.24, 2.45) is 13.0 Å². The Kier molecular flexibility index (Phi) is 11.4. The van der Waals surface area contributed by atoms with Crippen molar-refractivity contribution in [2.45, 2.75) is 58.1 Å². The van der Waals surface area contributed by atoms with Gasteiger partial charge in [-0.1, -0.05) is 67.6 Å². The number of aromatic nitrogens is 2. The molecule has 2 aromatic heterocycles. The Morgan fingerprint density at radius 3 is 2.36 bits per heavy atom. The van der Waals surface area contributed by atoms with Crippen LogP contribution in [0.2, 0.25) is 0 Å². The second kappa shape index (κ2) is 15.6. The van der Waals surface area contributed by atoms with Crippen molar-refractivity contribution in [1.82, 2.24) is 14.9 Å². The molecule has 0 saturated carbocycles. The first-order chi connectivity index (χ1) is 21.3. The predicted molar refractivity (Wildman–Crippen MR) is 167 cm³/mol. The molecule has 2 aromatic carbocycles. The van der Waals surface area contributed by atoms with Crippen molar-refractivity contribution in [2.75, 3.05) is 6.61 Å². The zero-order valence-corrected chi connectivity index (χ0v) is 25.2. The lowest BCUT2D eigenvalue weighted by Gasteiger charge is -2.17. The molecule has 44 heavy (non-hydrogen) atoms. The second-order valence-corrected chi connectivity index (χ2v) is 11.2. The zero-order chi connectivity index (χ0) is 31.5. The Morgan fingerprint density at radius 2 is 1.70 bits per heavy atom. The van der Waals surface area contributed by atoms with Gasteiger partial charge in [-0.3, -0.25) is 9.59 Å². The number of carbonyl (C=O) groups is 3. The number of carboxylic acids is 1. The molecule has 4 rings (SSSR count). The van der Waals surface area contributed by atoms with Gasteiger partial charge in [0, 0.05) is 55.8 Å². The molecule has 9 nitrogen and oxygen atoms in total. The maximum Gasteiger partial charge on any atom is 0.326 e. The molecule has 4 aromatic rings. The van der Waals surface area contributed by atoms with E-state index in [1.54, 1.807) is 13.0 Å². The highest BCUT2D eigenvalue weighted by molar-refractivity contribution is 6.09.